The van der Waals surface area contributed by atoms with Crippen molar-refractivity contribution in [2.24, 2.45) is 5.73 Å². The van der Waals surface area contributed by atoms with Gasteiger partial charge in [0.15, 0.2) is 0 Å². The quantitative estimate of drug-likeness (QED) is 0.655. The van der Waals surface area contributed by atoms with Crippen molar-refractivity contribution in [3.63, 3.8) is 0 Å². The van der Waals surface area contributed by atoms with Crippen molar-refractivity contribution in [3.8, 4) is 17.2 Å². The van der Waals surface area contributed by atoms with E-state index in [0.717, 1.165) is 10.0 Å². The van der Waals surface area contributed by atoms with Gasteiger partial charge in [0.05, 0.1) is 12.0 Å². The lowest BCUT2D eigenvalue weighted by atomic mass is 10.2. The van der Waals surface area contributed by atoms with Gasteiger partial charge in [-0.3, -0.25) is 10.1 Å². The summed E-state index contributed by atoms with van der Waals surface area (Å²) in [5, 5.41) is 11.1. The molecule has 0 bridgehead atoms. The second-order valence-electron chi connectivity index (χ2n) is 4.15. The van der Waals surface area contributed by atoms with E-state index in [1.807, 2.05) is 6.07 Å². The van der Waals surface area contributed by atoms with Gasteiger partial charge in [-0.1, -0.05) is 22.0 Å². The Hall–Kier alpha value is -2.12. The number of methoxy groups -OCH3 is 1. The summed E-state index contributed by atoms with van der Waals surface area (Å²) >= 11 is 3.34. The summed E-state index contributed by atoms with van der Waals surface area (Å²) in [6.45, 7) is 0.264. The van der Waals surface area contributed by atoms with Gasteiger partial charge in [0.25, 0.3) is 0 Å². The van der Waals surface area contributed by atoms with Crippen LogP contribution in [0.15, 0.2) is 40.9 Å². The Balaban J connectivity index is 2.47. The smallest absolute Gasteiger partial charge is 0.311 e. The molecule has 2 rings (SSSR count). The van der Waals surface area contributed by atoms with E-state index in [4.69, 9.17) is 15.2 Å². The fourth-order valence-electron chi connectivity index (χ4n) is 1.76. The molecule has 0 saturated carbocycles. The monoisotopic (exact) mass is 352 g/mol. The number of benzene rings is 2. The Morgan fingerprint density at radius 3 is 2.62 bits per heavy atom. The first-order valence-corrected chi connectivity index (χ1v) is 6.83. The molecule has 0 spiro atoms. The number of nitro groups is 1. The molecular formula is C14H13BrN2O4. The van der Waals surface area contributed by atoms with Crippen LogP contribution in [0.25, 0.3) is 0 Å². The van der Waals surface area contributed by atoms with Crippen molar-refractivity contribution in [1.82, 2.24) is 0 Å². The van der Waals surface area contributed by atoms with Crippen LogP contribution in [-0.4, -0.2) is 12.0 Å². The molecule has 0 amide bonds. The summed E-state index contributed by atoms with van der Waals surface area (Å²) in [4.78, 5) is 10.6. The largest absolute Gasteiger partial charge is 0.497 e. The minimum absolute atomic E-state index is 0.104. The van der Waals surface area contributed by atoms with E-state index in [2.05, 4.69) is 15.9 Å². The van der Waals surface area contributed by atoms with Gasteiger partial charge in [-0.15, -0.1) is 0 Å². The Bertz CT molecular complexity index is 676. The zero-order valence-electron chi connectivity index (χ0n) is 11.2. The fraction of sp³-hybridized carbons (Fsp3) is 0.143. The zero-order chi connectivity index (χ0) is 15.4. The first kappa shape index (κ1) is 15.3. The molecule has 2 aromatic rings. The van der Waals surface area contributed by atoms with Gasteiger partial charge in [0.1, 0.15) is 11.5 Å². The average molecular weight is 353 g/mol. The Morgan fingerprint density at radius 1 is 1.24 bits per heavy atom. The van der Waals surface area contributed by atoms with Gasteiger partial charge < -0.3 is 15.2 Å². The normalized spacial score (nSPS) is 10.2. The molecule has 0 aromatic heterocycles. The molecule has 21 heavy (non-hydrogen) atoms. The van der Waals surface area contributed by atoms with E-state index in [9.17, 15) is 10.1 Å². The number of nitrogens with zero attached hydrogens (tertiary/aromatic N) is 1. The van der Waals surface area contributed by atoms with Gasteiger partial charge in [0, 0.05) is 28.7 Å². The molecule has 6 nitrogen and oxygen atoms in total. The van der Waals surface area contributed by atoms with Crippen LogP contribution in [0.1, 0.15) is 5.56 Å². The first-order valence-electron chi connectivity index (χ1n) is 6.04. The van der Waals surface area contributed by atoms with Gasteiger partial charge >= 0.3 is 5.69 Å². The summed E-state index contributed by atoms with van der Waals surface area (Å²) in [6, 6.07) is 9.66. The molecule has 2 aromatic carbocycles. The van der Waals surface area contributed by atoms with Crippen LogP contribution in [0, 0.1) is 10.1 Å². The molecule has 7 heteroatoms. The van der Waals surface area contributed by atoms with Crippen LogP contribution in [0.5, 0.6) is 17.2 Å². The van der Waals surface area contributed by atoms with Crippen molar-refractivity contribution in [2.75, 3.05) is 7.11 Å². The molecule has 0 radical (unpaired) electrons. The molecule has 0 fully saturated rings. The number of hydrogen-bond donors (Lipinski definition) is 1. The van der Waals surface area contributed by atoms with Crippen LogP contribution in [0.3, 0.4) is 0 Å². The number of hydrogen-bond acceptors (Lipinski definition) is 5. The summed E-state index contributed by atoms with van der Waals surface area (Å²) in [7, 11) is 1.48. The summed E-state index contributed by atoms with van der Waals surface area (Å²) in [6.07, 6.45) is 0. The van der Waals surface area contributed by atoms with Gasteiger partial charge in [0.2, 0.25) is 5.75 Å². The lowest BCUT2D eigenvalue weighted by Crippen LogP contribution is -2.01. The SMILES string of the molecule is COc1ccc([N+](=O)[O-])c(Oc2cc(Br)ccc2CN)c1. The fourth-order valence-corrected chi connectivity index (χ4v) is 2.10. The number of nitrogens with two attached hydrogens (primary N) is 1. The lowest BCUT2D eigenvalue weighted by Gasteiger charge is -2.11. The summed E-state index contributed by atoms with van der Waals surface area (Å²) in [5.41, 5.74) is 6.26. The third-order valence-corrected chi connectivity index (χ3v) is 3.33. The maximum Gasteiger partial charge on any atom is 0.311 e. The van der Waals surface area contributed by atoms with E-state index in [0.29, 0.717) is 11.5 Å². The average Bonchev–Trinajstić information content (AvgIpc) is 2.47. The number of halogens is 1. The van der Waals surface area contributed by atoms with Crippen molar-refractivity contribution in [2.45, 2.75) is 6.54 Å². The van der Waals surface area contributed by atoms with Crippen LogP contribution in [0.2, 0.25) is 0 Å². The highest BCUT2D eigenvalue weighted by Gasteiger charge is 2.18. The molecule has 2 N–H and O–H groups in total. The van der Waals surface area contributed by atoms with Gasteiger partial charge in [-0.25, -0.2) is 0 Å². The van der Waals surface area contributed by atoms with Crippen molar-refractivity contribution < 1.29 is 14.4 Å². The lowest BCUT2D eigenvalue weighted by molar-refractivity contribution is -0.385. The predicted octanol–water partition coefficient (Wildman–Crippen LogP) is 3.62. The van der Waals surface area contributed by atoms with Crippen LogP contribution < -0.4 is 15.2 Å². The first-order chi connectivity index (χ1) is 10.0. The molecule has 0 heterocycles. The molecule has 0 aliphatic carbocycles. The molecule has 0 atom stereocenters. The maximum atomic E-state index is 11.1. The van der Waals surface area contributed by atoms with Gasteiger partial charge in [-0.2, -0.15) is 0 Å². The Labute approximate surface area is 129 Å². The summed E-state index contributed by atoms with van der Waals surface area (Å²) in [5.74, 6) is 1.04. The number of nitro benzene ring substituents is 1. The topological polar surface area (TPSA) is 87.6 Å². The van der Waals surface area contributed by atoms with Crippen LogP contribution in [-0.2, 0) is 6.54 Å². The van der Waals surface area contributed by atoms with Gasteiger partial charge in [-0.05, 0) is 18.2 Å². The van der Waals surface area contributed by atoms with E-state index >= 15 is 0 Å². The molecule has 0 unspecified atom stereocenters. The van der Waals surface area contributed by atoms with Crippen molar-refractivity contribution in [1.29, 1.82) is 0 Å². The minimum atomic E-state index is -0.505. The van der Waals surface area contributed by atoms with E-state index in [1.165, 1.54) is 25.3 Å². The third kappa shape index (κ3) is 3.50. The third-order valence-electron chi connectivity index (χ3n) is 2.83. The van der Waals surface area contributed by atoms with E-state index in [1.54, 1.807) is 12.1 Å². The predicted molar refractivity (Wildman–Crippen MR) is 81.8 cm³/mol. The van der Waals surface area contributed by atoms with Crippen LogP contribution >= 0.6 is 15.9 Å². The molecule has 0 aliphatic rings. The Morgan fingerprint density at radius 2 is 2.00 bits per heavy atom. The van der Waals surface area contributed by atoms with E-state index in [-0.39, 0.29) is 18.0 Å². The number of ether oxygens (including phenoxy) is 2. The van der Waals surface area contributed by atoms with E-state index < -0.39 is 4.92 Å². The highest BCUT2D eigenvalue weighted by molar-refractivity contribution is 9.10. The standard InChI is InChI=1S/C14H13BrN2O4/c1-20-11-4-5-12(17(18)19)14(7-11)21-13-6-10(15)3-2-9(13)8-16/h2-7H,8,16H2,1H3. The second kappa shape index (κ2) is 6.55. The second-order valence-corrected chi connectivity index (χ2v) is 5.06. The summed E-state index contributed by atoms with van der Waals surface area (Å²) < 4.78 is 11.5. The van der Waals surface area contributed by atoms with Crippen molar-refractivity contribution >= 4 is 21.6 Å². The van der Waals surface area contributed by atoms with Crippen LogP contribution in [0.4, 0.5) is 5.69 Å². The molecule has 110 valence electrons. The molecule has 0 aliphatic heterocycles. The molecular weight excluding hydrogens is 340 g/mol. The number of rotatable bonds is 5. The Kier molecular flexibility index (Phi) is 4.77. The maximum absolute atomic E-state index is 11.1. The minimum Gasteiger partial charge on any atom is -0.497 e. The van der Waals surface area contributed by atoms with Crippen molar-refractivity contribution in [3.05, 3.63) is 56.5 Å². The molecule has 0 saturated heterocycles. The highest BCUT2D eigenvalue weighted by atomic mass is 79.9. The zero-order valence-corrected chi connectivity index (χ0v) is 12.8. The highest BCUT2D eigenvalue weighted by Crippen LogP contribution is 2.36.